The molecule has 0 bridgehead atoms. The summed E-state index contributed by atoms with van der Waals surface area (Å²) in [5.41, 5.74) is 2.13. The highest BCUT2D eigenvalue weighted by atomic mass is 35.5. The maximum atomic E-state index is 12.5. The number of carbonyl (C=O) groups is 1. The van der Waals surface area contributed by atoms with Crippen LogP contribution in [0.3, 0.4) is 0 Å². The lowest BCUT2D eigenvalue weighted by Crippen LogP contribution is -2.47. The molecule has 146 valence electrons. The summed E-state index contributed by atoms with van der Waals surface area (Å²) in [5.74, 6) is 1.53. The first-order valence-electron chi connectivity index (χ1n) is 9.51. The van der Waals surface area contributed by atoms with Gasteiger partial charge in [-0.25, -0.2) is 0 Å². The fraction of sp³-hybridized carbons (Fsp3) is 0.318. The molecule has 4 rings (SSSR count). The normalized spacial score (nSPS) is 17.1. The van der Waals surface area contributed by atoms with Crippen molar-refractivity contribution in [2.24, 2.45) is 0 Å². The molecule has 0 aliphatic carbocycles. The number of rotatable bonds is 4. The molecule has 0 aromatic heterocycles. The van der Waals surface area contributed by atoms with Crippen LogP contribution in [0.5, 0.6) is 11.5 Å². The summed E-state index contributed by atoms with van der Waals surface area (Å²) < 4.78 is 11.1. The van der Waals surface area contributed by atoms with Gasteiger partial charge in [-0.05, 0) is 41.5 Å². The van der Waals surface area contributed by atoms with E-state index in [-0.39, 0.29) is 5.91 Å². The molecular formula is C22H23ClN2O3. The molecule has 2 aliphatic rings. The van der Waals surface area contributed by atoms with Crippen LogP contribution < -0.4 is 9.47 Å². The van der Waals surface area contributed by atoms with Crippen LogP contribution in [0.2, 0.25) is 5.02 Å². The van der Waals surface area contributed by atoms with Crippen molar-refractivity contribution in [1.29, 1.82) is 0 Å². The molecule has 0 spiro atoms. The van der Waals surface area contributed by atoms with Crippen LogP contribution in [0.1, 0.15) is 11.1 Å². The molecule has 0 radical (unpaired) electrons. The molecule has 2 aromatic carbocycles. The van der Waals surface area contributed by atoms with E-state index in [1.165, 1.54) is 5.56 Å². The standard InChI is InChI=1S/C22H23ClN2O3/c23-19-3-1-2-18(14-19)16-24-8-10-25(11-9-24)22(26)7-5-17-4-6-20-21(15-17)28-13-12-27-20/h1-7,14-15H,8-13,16H2/b7-5+. The highest BCUT2D eigenvalue weighted by molar-refractivity contribution is 6.30. The summed E-state index contributed by atoms with van der Waals surface area (Å²) in [6, 6.07) is 13.7. The van der Waals surface area contributed by atoms with Gasteiger partial charge in [0.2, 0.25) is 5.91 Å². The Hall–Kier alpha value is -2.50. The summed E-state index contributed by atoms with van der Waals surface area (Å²) in [5, 5.41) is 0.760. The zero-order chi connectivity index (χ0) is 19.3. The Morgan fingerprint density at radius 2 is 1.79 bits per heavy atom. The molecule has 6 heteroatoms. The lowest BCUT2D eigenvalue weighted by molar-refractivity contribution is -0.127. The number of nitrogens with zero attached hydrogens (tertiary/aromatic N) is 2. The van der Waals surface area contributed by atoms with Gasteiger partial charge in [-0.2, -0.15) is 0 Å². The van der Waals surface area contributed by atoms with E-state index in [0.717, 1.165) is 54.8 Å². The molecule has 2 aliphatic heterocycles. The van der Waals surface area contributed by atoms with Crippen molar-refractivity contribution in [3.05, 3.63) is 64.7 Å². The lowest BCUT2D eigenvalue weighted by Gasteiger charge is -2.34. The van der Waals surface area contributed by atoms with Crippen LogP contribution in [-0.4, -0.2) is 55.1 Å². The molecule has 5 nitrogen and oxygen atoms in total. The van der Waals surface area contributed by atoms with Crippen molar-refractivity contribution in [3.63, 3.8) is 0 Å². The Balaban J connectivity index is 1.29. The second-order valence-electron chi connectivity index (χ2n) is 6.97. The SMILES string of the molecule is O=C(/C=C/c1ccc2c(c1)OCCO2)N1CCN(Cc2cccc(Cl)c2)CC1. The van der Waals surface area contributed by atoms with Gasteiger partial charge in [0, 0.05) is 43.8 Å². The number of benzene rings is 2. The molecule has 2 aromatic rings. The minimum absolute atomic E-state index is 0.0392. The molecule has 1 fully saturated rings. The first-order chi connectivity index (χ1) is 13.7. The van der Waals surface area contributed by atoms with Crippen LogP contribution in [0, 0.1) is 0 Å². The minimum atomic E-state index is 0.0392. The first-order valence-corrected chi connectivity index (χ1v) is 9.89. The lowest BCUT2D eigenvalue weighted by atomic mass is 10.1. The molecular weight excluding hydrogens is 376 g/mol. The summed E-state index contributed by atoms with van der Waals surface area (Å²) in [7, 11) is 0. The van der Waals surface area contributed by atoms with Crippen molar-refractivity contribution in [2.45, 2.75) is 6.54 Å². The molecule has 28 heavy (non-hydrogen) atoms. The smallest absolute Gasteiger partial charge is 0.246 e. The van der Waals surface area contributed by atoms with E-state index in [0.29, 0.717) is 13.2 Å². The van der Waals surface area contributed by atoms with Gasteiger partial charge < -0.3 is 14.4 Å². The first kappa shape index (κ1) is 18.8. The Labute approximate surface area is 170 Å². The number of fused-ring (bicyclic) bond motifs is 1. The van der Waals surface area contributed by atoms with Crippen LogP contribution >= 0.6 is 11.6 Å². The molecule has 0 atom stereocenters. The van der Waals surface area contributed by atoms with Gasteiger partial charge in [-0.3, -0.25) is 9.69 Å². The number of piperazine rings is 1. The minimum Gasteiger partial charge on any atom is -0.486 e. The number of ether oxygens (including phenoxy) is 2. The van der Waals surface area contributed by atoms with Gasteiger partial charge in [-0.1, -0.05) is 29.8 Å². The van der Waals surface area contributed by atoms with Crippen LogP contribution in [0.25, 0.3) is 6.08 Å². The van der Waals surface area contributed by atoms with E-state index in [2.05, 4.69) is 11.0 Å². The van der Waals surface area contributed by atoms with Crippen LogP contribution in [0.15, 0.2) is 48.5 Å². The number of carbonyl (C=O) groups excluding carboxylic acids is 1. The van der Waals surface area contributed by atoms with Crippen LogP contribution in [-0.2, 0) is 11.3 Å². The molecule has 0 unspecified atom stereocenters. The molecule has 2 heterocycles. The van der Waals surface area contributed by atoms with Crippen molar-refractivity contribution >= 4 is 23.6 Å². The molecule has 1 saturated heterocycles. The molecule has 0 saturated carbocycles. The average Bonchev–Trinajstić information content (AvgIpc) is 2.72. The van der Waals surface area contributed by atoms with E-state index in [9.17, 15) is 4.79 Å². The van der Waals surface area contributed by atoms with Crippen molar-refractivity contribution in [3.8, 4) is 11.5 Å². The second kappa shape index (κ2) is 8.67. The summed E-state index contributed by atoms with van der Waals surface area (Å²) in [4.78, 5) is 16.8. The fourth-order valence-corrected chi connectivity index (χ4v) is 3.67. The van der Waals surface area contributed by atoms with E-state index in [4.69, 9.17) is 21.1 Å². The van der Waals surface area contributed by atoms with Crippen molar-refractivity contribution in [2.75, 3.05) is 39.4 Å². The van der Waals surface area contributed by atoms with E-state index < -0.39 is 0 Å². The summed E-state index contributed by atoms with van der Waals surface area (Å²) in [6.07, 6.45) is 3.47. The van der Waals surface area contributed by atoms with Gasteiger partial charge in [-0.15, -0.1) is 0 Å². The predicted octanol–water partition coefficient (Wildman–Crippen LogP) is 3.47. The van der Waals surface area contributed by atoms with Gasteiger partial charge in [0.1, 0.15) is 13.2 Å². The maximum Gasteiger partial charge on any atom is 0.246 e. The highest BCUT2D eigenvalue weighted by Crippen LogP contribution is 2.31. The van der Waals surface area contributed by atoms with Gasteiger partial charge in [0.15, 0.2) is 11.5 Å². The van der Waals surface area contributed by atoms with E-state index in [1.807, 2.05) is 47.4 Å². The number of hydrogen-bond donors (Lipinski definition) is 0. The van der Waals surface area contributed by atoms with Crippen LogP contribution in [0.4, 0.5) is 0 Å². The zero-order valence-corrected chi connectivity index (χ0v) is 16.4. The quantitative estimate of drug-likeness (QED) is 0.739. The largest absolute Gasteiger partial charge is 0.486 e. The average molecular weight is 399 g/mol. The number of halogens is 1. The summed E-state index contributed by atoms with van der Waals surface area (Å²) in [6.45, 7) is 5.15. The zero-order valence-electron chi connectivity index (χ0n) is 15.6. The Morgan fingerprint density at radius 1 is 1.00 bits per heavy atom. The third-order valence-electron chi connectivity index (χ3n) is 4.96. The third kappa shape index (κ3) is 4.66. The van der Waals surface area contributed by atoms with Crippen molar-refractivity contribution in [1.82, 2.24) is 9.80 Å². The Kier molecular flexibility index (Phi) is 5.84. The van der Waals surface area contributed by atoms with E-state index in [1.54, 1.807) is 6.08 Å². The predicted molar refractivity (Wildman–Crippen MR) is 110 cm³/mol. The van der Waals surface area contributed by atoms with Gasteiger partial charge in [0.05, 0.1) is 0 Å². The number of amides is 1. The Morgan fingerprint density at radius 3 is 2.57 bits per heavy atom. The monoisotopic (exact) mass is 398 g/mol. The molecule has 0 N–H and O–H groups in total. The maximum absolute atomic E-state index is 12.5. The van der Waals surface area contributed by atoms with Gasteiger partial charge >= 0.3 is 0 Å². The van der Waals surface area contributed by atoms with E-state index >= 15 is 0 Å². The number of hydrogen-bond acceptors (Lipinski definition) is 4. The second-order valence-corrected chi connectivity index (χ2v) is 7.40. The van der Waals surface area contributed by atoms with Gasteiger partial charge in [0.25, 0.3) is 0 Å². The topological polar surface area (TPSA) is 42.0 Å². The fourth-order valence-electron chi connectivity index (χ4n) is 3.46. The molecule has 1 amide bonds. The van der Waals surface area contributed by atoms with Crippen molar-refractivity contribution < 1.29 is 14.3 Å². The Bertz CT molecular complexity index is 876. The highest BCUT2D eigenvalue weighted by Gasteiger charge is 2.19. The third-order valence-corrected chi connectivity index (χ3v) is 5.20. The summed E-state index contributed by atoms with van der Waals surface area (Å²) >= 11 is 6.06.